The molecule has 0 aromatic heterocycles. The van der Waals surface area contributed by atoms with Gasteiger partial charge < -0.3 is 4.74 Å². The third kappa shape index (κ3) is 1.82. The summed E-state index contributed by atoms with van der Waals surface area (Å²) in [6, 6.07) is 8.86. The molecule has 1 amide bonds. The van der Waals surface area contributed by atoms with Gasteiger partial charge in [0.1, 0.15) is 5.75 Å². The van der Waals surface area contributed by atoms with Crippen LogP contribution in [-0.4, -0.2) is 16.3 Å². The molecule has 0 saturated carbocycles. The highest BCUT2D eigenvalue weighted by Crippen LogP contribution is 2.19. The van der Waals surface area contributed by atoms with Crippen LogP contribution in [0.4, 0.5) is 0 Å². The summed E-state index contributed by atoms with van der Waals surface area (Å²) in [5.41, 5.74) is 0. The topological polar surface area (TPSA) is 55.7 Å². The first kappa shape index (κ1) is 8.96. The minimum atomic E-state index is -0.763. The first-order chi connectivity index (χ1) is 6.75. The predicted molar refractivity (Wildman–Crippen MR) is 52.1 cm³/mol. The van der Waals surface area contributed by atoms with E-state index in [2.05, 4.69) is 4.99 Å². The first-order valence-corrected chi connectivity index (χ1v) is 4.65. The van der Waals surface area contributed by atoms with Crippen LogP contribution in [0.15, 0.2) is 35.3 Å². The minimum Gasteiger partial charge on any atom is -0.433 e. The average Bonchev–Trinajstić information content (AvgIpc) is 2.47. The number of hydrogen-bond acceptors (Lipinski definition) is 4. The Morgan fingerprint density at radius 3 is 2.43 bits per heavy atom. The van der Waals surface area contributed by atoms with Crippen LogP contribution in [-0.2, 0) is 9.59 Å². The molecule has 0 fully saturated rings. The third-order valence-corrected chi connectivity index (χ3v) is 2.21. The second-order valence-corrected chi connectivity index (χ2v) is 3.41. The van der Waals surface area contributed by atoms with Gasteiger partial charge in [-0.2, -0.15) is 4.99 Å². The number of amides is 1. The average molecular weight is 207 g/mol. The second kappa shape index (κ2) is 3.63. The molecule has 0 radical (unpaired) electrons. The Morgan fingerprint density at radius 1 is 1.14 bits per heavy atom. The van der Waals surface area contributed by atoms with E-state index in [1.54, 1.807) is 24.3 Å². The molecular formula is C9H5NO3S. The lowest BCUT2D eigenvalue weighted by atomic mass is 10.3. The number of hydrogen-bond donors (Lipinski definition) is 0. The van der Waals surface area contributed by atoms with Crippen LogP contribution in [0.25, 0.3) is 0 Å². The summed E-state index contributed by atoms with van der Waals surface area (Å²) in [7, 11) is 0. The number of nitrogens with zero attached hydrogens (tertiary/aromatic N) is 1. The molecule has 1 aromatic rings. The zero-order valence-electron chi connectivity index (χ0n) is 6.97. The lowest BCUT2D eigenvalue weighted by Crippen LogP contribution is -2.00. The number of ether oxygens (including phenoxy) is 1. The second-order valence-electron chi connectivity index (χ2n) is 2.49. The molecular weight excluding hydrogens is 202 g/mol. The quantitative estimate of drug-likeness (QED) is 0.650. The molecule has 0 unspecified atom stereocenters. The van der Waals surface area contributed by atoms with Gasteiger partial charge in [0.05, 0.1) is 0 Å². The highest BCUT2D eigenvalue weighted by atomic mass is 32.2. The Labute approximate surface area is 84.0 Å². The van der Waals surface area contributed by atoms with Gasteiger partial charge in [0, 0.05) is 11.8 Å². The van der Waals surface area contributed by atoms with Gasteiger partial charge in [-0.3, -0.25) is 9.59 Å². The smallest absolute Gasteiger partial charge is 0.328 e. The van der Waals surface area contributed by atoms with E-state index in [1.165, 1.54) is 0 Å². The molecule has 14 heavy (non-hydrogen) atoms. The molecule has 1 aliphatic rings. The Bertz CT molecular complexity index is 413. The normalized spacial score (nSPS) is 15.6. The van der Waals surface area contributed by atoms with Gasteiger partial charge in [-0.1, -0.05) is 18.2 Å². The Morgan fingerprint density at radius 2 is 1.86 bits per heavy atom. The molecule has 0 saturated heterocycles. The highest BCUT2D eigenvalue weighted by molar-refractivity contribution is 8.28. The van der Waals surface area contributed by atoms with E-state index in [0.29, 0.717) is 17.5 Å². The lowest BCUT2D eigenvalue weighted by molar-refractivity contribution is -0.130. The molecule has 4 nitrogen and oxygen atoms in total. The van der Waals surface area contributed by atoms with Gasteiger partial charge in [0.15, 0.2) is 0 Å². The minimum absolute atomic E-state index is 0.0891. The van der Waals surface area contributed by atoms with E-state index in [9.17, 15) is 9.59 Å². The van der Waals surface area contributed by atoms with Crippen LogP contribution >= 0.6 is 11.8 Å². The van der Waals surface area contributed by atoms with Crippen molar-refractivity contribution in [3.05, 3.63) is 30.3 Å². The summed E-state index contributed by atoms with van der Waals surface area (Å²) in [6.07, 6.45) is 0. The summed E-state index contributed by atoms with van der Waals surface area (Å²) in [6.45, 7) is 0. The van der Waals surface area contributed by atoms with Crippen molar-refractivity contribution < 1.29 is 14.3 Å². The maximum absolute atomic E-state index is 10.8. The lowest BCUT2D eigenvalue weighted by Gasteiger charge is -2.00. The van der Waals surface area contributed by atoms with Gasteiger partial charge in [-0.15, -0.1) is 0 Å². The number of para-hydroxylation sites is 1. The number of aliphatic imine (C=N–C) groups is 1. The van der Waals surface area contributed by atoms with Crippen LogP contribution in [0.1, 0.15) is 0 Å². The maximum atomic E-state index is 10.8. The van der Waals surface area contributed by atoms with Crippen molar-refractivity contribution in [1.29, 1.82) is 0 Å². The highest BCUT2D eigenvalue weighted by Gasteiger charge is 2.27. The summed E-state index contributed by atoms with van der Waals surface area (Å²) in [5, 5.41) is -0.512. The van der Waals surface area contributed by atoms with E-state index in [-0.39, 0.29) is 5.23 Å². The molecule has 70 valence electrons. The van der Waals surface area contributed by atoms with E-state index in [1.807, 2.05) is 6.07 Å². The Kier molecular flexibility index (Phi) is 2.32. The Hall–Kier alpha value is -1.62. The van der Waals surface area contributed by atoms with Crippen LogP contribution in [0, 0.1) is 0 Å². The number of carbonyl (C=O) groups excluding carboxylic acids is 2. The number of rotatable bonds is 1. The van der Waals surface area contributed by atoms with Crippen LogP contribution in [0.5, 0.6) is 5.75 Å². The van der Waals surface area contributed by atoms with Gasteiger partial charge in [0.25, 0.3) is 10.3 Å². The van der Waals surface area contributed by atoms with Crippen molar-refractivity contribution in [3.63, 3.8) is 0 Å². The fourth-order valence-corrected chi connectivity index (χ4v) is 1.47. The molecule has 5 heteroatoms. The van der Waals surface area contributed by atoms with E-state index in [4.69, 9.17) is 4.74 Å². The Balaban J connectivity index is 2.11. The largest absolute Gasteiger partial charge is 0.433 e. The number of thioether (sulfide) groups is 1. The maximum Gasteiger partial charge on any atom is 0.328 e. The van der Waals surface area contributed by atoms with Crippen molar-refractivity contribution in [2.75, 3.05) is 0 Å². The van der Waals surface area contributed by atoms with Gasteiger partial charge >= 0.3 is 5.91 Å². The summed E-state index contributed by atoms with van der Waals surface area (Å²) in [5.74, 6) is -0.206. The zero-order chi connectivity index (χ0) is 9.97. The van der Waals surface area contributed by atoms with Crippen LogP contribution in [0.3, 0.4) is 0 Å². The van der Waals surface area contributed by atoms with Gasteiger partial charge in [-0.25, -0.2) is 0 Å². The summed E-state index contributed by atoms with van der Waals surface area (Å²) < 4.78 is 5.19. The van der Waals surface area contributed by atoms with Crippen molar-refractivity contribution in [3.8, 4) is 5.75 Å². The fourth-order valence-electron chi connectivity index (χ4n) is 0.907. The van der Waals surface area contributed by atoms with E-state index < -0.39 is 11.0 Å². The SMILES string of the molecule is O=C1N=C(Oc2ccccc2)SC1=O. The number of carbonyl (C=O) groups is 2. The predicted octanol–water partition coefficient (Wildman–Crippen LogP) is 1.22. The van der Waals surface area contributed by atoms with Crippen molar-refractivity contribution in [1.82, 2.24) is 0 Å². The summed E-state index contributed by atoms with van der Waals surface area (Å²) >= 11 is 0.708. The molecule has 0 N–H and O–H groups in total. The molecule has 0 spiro atoms. The van der Waals surface area contributed by atoms with Crippen molar-refractivity contribution in [2.24, 2.45) is 4.99 Å². The molecule has 2 rings (SSSR count). The number of benzene rings is 1. The van der Waals surface area contributed by atoms with Gasteiger partial charge in [-0.05, 0) is 12.1 Å². The molecule has 1 heterocycles. The molecule has 0 bridgehead atoms. The monoisotopic (exact) mass is 207 g/mol. The van der Waals surface area contributed by atoms with E-state index >= 15 is 0 Å². The zero-order valence-corrected chi connectivity index (χ0v) is 7.78. The molecule has 0 aliphatic carbocycles. The summed E-state index contributed by atoms with van der Waals surface area (Å²) in [4.78, 5) is 25.0. The molecule has 1 aromatic carbocycles. The molecule has 1 aliphatic heterocycles. The van der Waals surface area contributed by atoms with Crippen LogP contribution < -0.4 is 4.74 Å². The van der Waals surface area contributed by atoms with Gasteiger partial charge in [0.2, 0.25) is 0 Å². The fraction of sp³-hybridized carbons (Fsp3) is 0. The van der Waals surface area contributed by atoms with E-state index in [0.717, 1.165) is 0 Å². The van der Waals surface area contributed by atoms with Crippen molar-refractivity contribution >= 4 is 28.0 Å². The van der Waals surface area contributed by atoms with Crippen LogP contribution in [0.2, 0.25) is 0 Å². The third-order valence-electron chi connectivity index (χ3n) is 1.50. The molecule has 0 atom stereocenters. The first-order valence-electron chi connectivity index (χ1n) is 3.83. The van der Waals surface area contributed by atoms with Crippen molar-refractivity contribution in [2.45, 2.75) is 0 Å². The standard InChI is InChI=1S/C9H5NO3S/c11-7-8(12)14-9(10-7)13-6-4-2-1-3-5-6/h1-5H.